The second kappa shape index (κ2) is 7.13. The van der Waals surface area contributed by atoms with Crippen molar-refractivity contribution in [1.29, 1.82) is 5.26 Å². The summed E-state index contributed by atoms with van der Waals surface area (Å²) in [5.41, 5.74) is 1.83. The summed E-state index contributed by atoms with van der Waals surface area (Å²) in [6.07, 6.45) is 2.66. The van der Waals surface area contributed by atoms with Crippen molar-refractivity contribution < 1.29 is 14.0 Å². The summed E-state index contributed by atoms with van der Waals surface area (Å²) in [7, 11) is 1.43. The third-order valence-electron chi connectivity index (χ3n) is 2.75. The summed E-state index contributed by atoms with van der Waals surface area (Å²) < 4.78 is 18.6. The zero-order chi connectivity index (χ0) is 15.9. The Bertz CT molecular complexity index is 741. The Balaban J connectivity index is 2.05. The quantitative estimate of drug-likeness (QED) is 0.481. The number of aromatic nitrogens is 2. The number of hydrogen-bond donors (Lipinski definition) is 0. The van der Waals surface area contributed by atoms with Gasteiger partial charge in [-0.3, -0.25) is 4.98 Å². The van der Waals surface area contributed by atoms with E-state index in [1.807, 2.05) is 6.07 Å². The van der Waals surface area contributed by atoms with Crippen molar-refractivity contribution in [3.05, 3.63) is 52.9 Å². The standard InChI is InChI=1S/C15H13FN4O2/c1-10-5-11(7-17)6-12(20-10)8-19-22-9-13-14(21-2)3-4-18-15(13)16/h3-6,8H,9H2,1-2H3/b19-8+. The van der Waals surface area contributed by atoms with Crippen LogP contribution in [0, 0.1) is 24.2 Å². The van der Waals surface area contributed by atoms with E-state index < -0.39 is 5.95 Å². The first-order valence-corrected chi connectivity index (χ1v) is 6.35. The minimum absolute atomic E-state index is 0.129. The highest BCUT2D eigenvalue weighted by molar-refractivity contribution is 5.77. The smallest absolute Gasteiger partial charge is 0.223 e. The molecule has 2 aromatic rings. The van der Waals surface area contributed by atoms with Gasteiger partial charge in [-0.15, -0.1) is 0 Å². The summed E-state index contributed by atoms with van der Waals surface area (Å²) in [4.78, 5) is 12.8. The maximum Gasteiger partial charge on any atom is 0.223 e. The van der Waals surface area contributed by atoms with Crippen LogP contribution in [0.2, 0.25) is 0 Å². The first-order valence-electron chi connectivity index (χ1n) is 6.35. The van der Waals surface area contributed by atoms with E-state index in [1.54, 1.807) is 19.1 Å². The highest BCUT2D eigenvalue weighted by Gasteiger charge is 2.10. The average molecular weight is 300 g/mol. The maximum absolute atomic E-state index is 13.6. The molecule has 0 saturated carbocycles. The molecular formula is C15H13FN4O2. The lowest BCUT2D eigenvalue weighted by atomic mass is 10.2. The topological polar surface area (TPSA) is 80.4 Å². The Morgan fingerprint density at radius 3 is 3.00 bits per heavy atom. The Morgan fingerprint density at radius 2 is 2.27 bits per heavy atom. The molecule has 0 aliphatic rings. The normalized spacial score (nSPS) is 10.5. The van der Waals surface area contributed by atoms with Crippen molar-refractivity contribution in [2.75, 3.05) is 7.11 Å². The van der Waals surface area contributed by atoms with Crippen LogP contribution < -0.4 is 4.74 Å². The van der Waals surface area contributed by atoms with Crippen LogP contribution in [0.15, 0.2) is 29.6 Å². The van der Waals surface area contributed by atoms with Crippen molar-refractivity contribution in [2.24, 2.45) is 5.16 Å². The van der Waals surface area contributed by atoms with Crippen LogP contribution in [0.25, 0.3) is 0 Å². The summed E-state index contributed by atoms with van der Waals surface area (Å²) >= 11 is 0. The largest absolute Gasteiger partial charge is 0.496 e. The zero-order valence-corrected chi connectivity index (χ0v) is 12.1. The summed E-state index contributed by atoms with van der Waals surface area (Å²) in [6.45, 7) is 1.64. The van der Waals surface area contributed by atoms with E-state index in [9.17, 15) is 4.39 Å². The van der Waals surface area contributed by atoms with Gasteiger partial charge in [0.25, 0.3) is 0 Å². The van der Waals surface area contributed by atoms with Gasteiger partial charge in [0.1, 0.15) is 12.4 Å². The van der Waals surface area contributed by atoms with Crippen molar-refractivity contribution in [3.8, 4) is 11.8 Å². The number of aryl methyl sites for hydroxylation is 1. The molecule has 0 fully saturated rings. The molecule has 0 saturated heterocycles. The van der Waals surface area contributed by atoms with E-state index in [2.05, 4.69) is 15.1 Å². The average Bonchev–Trinajstić information content (AvgIpc) is 2.52. The molecule has 0 amide bonds. The Morgan fingerprint density at radius 1 is 1.45 bits per heavy atom. The minimum Gasteiger partial charge on any atom is -0.496 e. The second-order valence-corrected chi connectivity index (χ2v) is 4.32. The van der Waals surface area contributed by atoms with Gasteiger partial charge >= 0.3 is 0 Å². The van der Waals surface area contributed by atoms with E-state index in [-0.39, 0.29) is 12.2 Å². The number of pyridine rings is 2. The first-order chi connectivity index (χ1) is 10.6. The number of oxime groups is 1. The van der Waals surface area contributed by atoms with Gasteiger partial charge < -0.3 is 9.57 Å². The molecule has 0 aliphatic heterocycles. The third kappa shape index (κ3) is 3.76. The molecule has 0 spiro atoms. The van der Waals surface area contributed by atoms with Gasteiger partial charge in [-0.1, -0.05) is 5.16 Å². The molecule has 112 valence electrons. The van der Waals surface area contributed by atoms with Crippen molar-refractivity contribution in [2.45, 2.75) is 13.5 Å². The number of halogens is 1. The number of nitriles is 1. The molecule has 0 aromatic carbocycles. The number of hydrogen-bond acceptors (Lipinski definition) is 6. The lowest BCUT2D eigenvalue weighted by Gasteiger charge is -2.07. The van der Waals surface area contributed by atoms with E-state index >= 15 is 0 Å². The van der Waals surface area contributed by atoms with Gasteiger partial charge in [0.15, 0.2) is 0 Å². The zero-order valence-electron chi connectivity index (χ0n) is 12.1. The number of methoxy groups -OCH3 is 1. The highest BCUT2D eigenvalue weighted by atomic mass is 19.1. The second-order valence-electron chi connectivity index (χ2n) is 4.32. The third-order valence-corrected chi connectivity index (χ3v) is 2.75. The van der Waals surface area contributed by atoms with Crippen LogP contribution >= 0.6 is 0 Å². The Labute approximate surface area is 126 Å². The number of ether oxygens (including phenoxy) is 1. The molecule has 6 nitrogen and oxygen atoms in total. The van der Waals surface area contributed by atoms with Gasteiger partial charge in [0, 0.05) is 11.9 Å². The first kappa shape index (κ1) is 15.4. The van der Waals surface area contributed by atoms with Crippen LogP contribution in [0.3, 0.4) is 0 Å². The molecule has 2 heterocycles. The van der Waals surface area contributed by atoms with Crippen molar-refractivity contribution in [3.63, 3.8) is 0 Å². The fraction of sp³-hybridized carbons (Fsp3) is 0.200. The fourth-order valence-electron chi connectivity index (χ4n) is 1.79. The Kier molecular flexibility index (Phi) is 4.98. The van der Waals surface area contributed by atoms with Gasteiger partial charge in [-0.2, -0.15) is 9.65 Å². The number of nitrogens with zero attached hydrogens (tertiary/aromatic N) is 4. The molecule has 2 rings (SSSR count). The van der Waals surface area contributed by atoms with E-state index in [0.717, 1.165) is 0 Å². The van der Waals surface area contributed by atoms with Crippen molar-refractivity contribution in [1.82, 2.24) is 9.97 Å². The van der Waals surface area contributed by atoms with Crippen LogP contribution in [0.4, 0.5) is 4.39 Å². The molecule has 0 radical (unpaired) electrons. The van der Waals surface area contributed by atoms with Crippen LogP contribution in [0.1, 0.15) is 22.5 Å². The van der Waals surface area contributed by atoms with Gasteiger partial charge in [0.05, 0.1) is 36.2 Å². The lowest BCUT2D eigenvalue weighted by Crippen LogP contribution is -2.00. The molecule has 0 atom stereocenters. The van der Waals surface area contributed by atoms with Crippen LogP contribution in [0.5, 0.6) is 5.75 Å². The SMILES string of the molecule is COc1ccnc(F)c1CO/N=C/c1cc(C#N)cc(C)n1. The molecule has 7 heteroatoms. The highest BCUT2D eigenvalue weighted by Crippen LogP contribution is 2.20. The summed E-state index contributed by atoms with van der Waals surface area (Å²) in [6, 6.07) is 6.80. The predicted molar refractivity (Wildman–Crippen MR) is 76.8 cm³/mol. The van der Waals surface area contributed by atoms with Gasteiger partial charge in [-0.05, 0) is 25.1 Å². The van der Waals surface area contributed by atoms with E-state index in [0.29, 0.717) is 22.7 Å². The summed E-state index contributed by atoms with van der Waals surface area (Å²) in [5.74, 6) is -0.335. The molecule has 0 aliphatic carbocycles. The molecule has 0 N–H and O–H groups in total. The lowest BCUT2D eigenvalue weighted by molar-refractivity contribution is 0.126. The van der Waals surface area contributed by atoms with Crippen molar-refractivity contribution >= 4 is 6.21 Å². The molecular weight excluding hydrogens is 287 g/mol. The van der Waals surface area contributed by atoms with Gasteiger partial charge in [-0.25, -0.2) is 4.98 Å². The van der Waals surface area contributed by atoms with E-state index in [1.165, 1.54) is 25.6 Å². The van der Waals surface area contributed by atoms with Crippen LogP contribution in [-0.4, -0.2) is 23.3 Å². The minimum atomic E-state index is -0.671. The Hall–Kier alpha value is -3.01. The van der Waals surface area contributed by atoms with E-state index in [4.69, 9.17) is 14.8 Å². The predicted octanol–water partition coefficient (Wildman–Crippen LogP) is 2.36. The fourth-order valence-corrected chi connectivity index (χ4v) is 1.79. The number of rotatable bonds is 5. The van der Waals surface area contributed by atoms with Crippen LogP contribution in [-0.2, 0) is 11.4 Å². The molecule has 0 unspecified atom stereocenters. The molecule has 2 aromatic heterocycles. The summed E-state index contributed by atoms with van der Waals surface area (Å²) in [5, 5.41) is 12.6. The monoisotopic (exact) mass is 300 g/mol. The van der Waals surface area contributed by atoms with Gasteiger partial charge in [0.2, 0.25) is 5.95 Å². The maximum atomic E-state index is 13.6. The molecule has 22 heavy (non-hydrogen) atoms. The molecule has 0 bridgehead atoms.